The predicted molar refractivity (Wildman–Crippen MR) is 91.8 cm³/mol. The topological polar surface area (TPSA) is 46.2 Å². The van der Waals surface area contributed by atoms with Gasteiger partial charge in [-0.1, -0.05) is 40.2 Å². The summed E-state index contributed by atoms with van der Waals surface area (Å²) in [6.07, 6.45) is 0. The summed E-state index contributed by atoms with van der Waals surface area (Å²) in [6.45, 7) is 3.73. The molecule has 0 saturated heterocycles. The molecule has 0 amide bonds. The first-order valence-electron chi connectivity index (χ1n) is 6.34. The highest BCUT2D eigenvalue weighted by Crippen LogP contribution is 2.27. The zero-order chi connectivity index (χ0) is 15.6. The second-order valence-electron chi connectivity index (χ2n) is 4.80. The molecule has 0 aliphatic carbocycles. The highest BCUT2D eigenvalue weighted by molar-refractivity contribution is 9.10. The van der Waals surface area contributed by atoms with Crippen LogP contribution in [0.3, 0.4) is 0 Å². The Labute approximate surface area is 142 Å². The van der Waals surface area contributed by atoms with Gasteiger partial charge in [0.15, 0.2) is 0 Å². The van der Waals surface area contributed by atoms with Crippen LogP contribution in [0.5, 0.6) is 0 Å². The first-order chi connectivity index (χ1) is 9.81. The van der Waals surface area contributed by atoms with Crippen molar-refractivity contribution in [3.05, 3.63) is 62.5 Å². The van der Waals surface area contributed by atoms with Gasteiger partial charge in [0.25, 0.3) is 0 Å². The lowest BCUT2D eigenvalue weighted by atomic mass is 10.1. The van der Waals surface area contributed by atoms with Crippen LogP contribution < -0.4 is 4.72 Å². The first kappa shape index (κ1) is 16.7. The fraction of sp³-hybridized carbons (Fsp3) is 0.200. The molecular weight excluding hydrogens is 418 g/mol. The van der Waals surface area contributed by atoms with E-state index in [1.807, 2.05) is 38.1 Å². The van der Waals surface area contributed by atoms with E-state index in [4.69, 9.17) is 0 Å². The Morgan fingerprint density at radius 3 is 2.33 bits per heavy atom. The number of halogens is 2. The number of benzene rings is 2. The minimum atomic E-state index is -3.59. The van der Waals surface area contributed by atoms with Crippen LogP contribution >= 0.6 is 31.9 Å². The predicted octanol–water partition coefficient (Wildman–Crippen LogP) is 4.56. The highest BCUT2D eigenvalue weighted by Gasteiger charge is 2.21. The van der Waals surface area contributed by atoms with Gasteiger partial charge in [0.05, 0.1) is 4.90 Å². The van der Waals surface area contributed by atoms with Crippen LogP contribution in [0.15, 0.2) is 56.3 Å². The zero-order valence-electron chi connectivity index (χ0n) is 11.6. The zero-order valence-corrected chi connectivity index (χ0v) is 15.6. The third-order valence-electron chi connectivity index (χ3n) is 3.08. The molecule has 2 rings (SSSR count). The van der Waals surface area contributed by atoms with E-state index in [2.05, 4.69) is 36.6 Å². The van der Waals surface area contributed by atoms with Crippen molar-refractivity contribution in [3.8, 4) is 0 Å². The quantitative estimate of drug-likeness (QED) is 0.769. The maximum Gasteiger partial charge on any atom is 0.242 e. The summed E-state index contributed by atoms with van der Waals surface area (Å²) in [5.74, 6) is 0. The van der Waals surface area contributed by atoms with Gasteiger partial charge >= 0.3 is 0 Å². The molecule has 2 aromatic rings. The van der Waals surface area contributed by atoms with Crippen LogP contribution in [0, 0.1) is 6.92 Å². The molecule has 6 heteroatoms. The van der Waals surface area contributed by atoms with Crippen LogP contribution in [0.2, 0.25) is 0 Å². The van der Waals surface area contributed by atoms with Crippen molar-refractivity contribution in [3.63, 3.8) is 0 Å². The molecule has 0 saturated carbocycles. The average molecular weight is 433 g/mol. The van der Waals surface area contributed by atoms with Gasteiger partial charge in [0, 0.05) is 15.0 Å². The molecule has 1 atom stereocenters. The average Bonchev–Trinajstić information content (AvgIpc) is 2.37. The molecule has 21 heavy (non-hydrogen) atoms. The second-order valence-corrected chi connectivity index (χ2v) is 8.19. The number of sulfonamides is 1. The largest absolute Gasteiger partial charge is 0.242 e. The smallest absolute Gasteiger partial charge is 0.207 e. The summed E-state index contributed by atoms with van der Waals surface area (Å²) >= 11 is 6.76. The third kappa shape index (κ3) is 3.94. The molecule has 0 aliphatic heterocycles. The Bertz CT molecular complexity index is 760. The van der Waals surface area contributed by atoms with Crippen molar-refractivity contribution < 1.29 is 8.42 Å². The van der Waals surface area contributed by atoms with Gasteiger partial charge in [0.1, 0.15) is 0 Å². The standard InChI is InChI=1S/C15H15Br2NO2S/c1-10-7-8-15(14(17)9-10)21(19,20)18-11(2)12-5-3-4-6-13(12)16/h3-9,11,18H,1-2H3. The Morgan fingerprint density at radius 1 is 1.05 bits per heavy atom. The van der Waals surface area contributed by atoms with Gasteiger partial charge < -0.3 is 0 Å². The molecule has 2 aromatic carbocycles. The number of hydrogen-bond donors (Lipinski definition) is 1. The van der Waals surface area contributed by atoms with Gasteiger partial charge in [-0.15, -0.1) is 0 Å². The fourth-order valence-corrected chi connectivity index (χ4v) is 5.05. The minimum absolute atomic E-state index is 0.243. The molecule has 0 radical (unpaired) electrons. The Hall–Kier alpha value is -0.690. The third-order valence-corrected chi connectivity index (χ3v) is 6.32. The van der Waals surface area contributed by atoms with E-state index in [-0.39, 0.29) is 10.9 Å². The second kappa shape index (κ2) is 6.60. The summed E-state index contributed by atoms with van der Waals surface area (Å²) in [5.41, 5.74) is 1.89. The lowest BCUT2D eigenvalue weighted by Crippen LogP contribution is -2.27. The van der Waals surface area contributed by atoms with Crippen molar-refractivity contribution in [2.24, 2.45) is 0 Å². The van der Waals surface area contributed by atoms with E-state index < -0.39 is 10.0 Å². The van der Waals surface area contributed by atoms with Gasteiger partial charge in [-0.2, -0.15) is 0 Å². The Kier molecular flexibility index (Phi) is 5.24. The first-order valence-corrected chi connectivity index (χ1v) is 9.41. The highest BCUT2D eigenvalue weighted by atomic mass is 79.9. The molecule has 112 valence electrons. The lowest BCUT2D eigenvalue weighted by Gasteiger charge is -2.17. The monoisotopic (exact) mass is 431 g/mol. The van der Waals surface area contributed by atoms with Gasteiger partial charge in [-0.25, -0.2) is 13.1 Å². The number of rotatable bonds is 4. The van der Waals surface area contributed by atoms with Crippen LogP contribution in [0.1, 0.15) is 24.1 Å². The van der Waals surface area contributed by atoms with Crippen LogP contribution in [0.25, 0.3) is 0 Å². The number of aryl methyl sites for hydroxylation is 1. The van der Waals surface area contributed by atoms with E-state index in [0.717, 1.165) is 15.6 Å². The molecule has 0 bridgehead atoms. The minimum Gasteiger partial charge on any atom is -0.207 e. The van der Waals surface area contributed by atoms with Crippen molar-refractivity contribution in [1.29, 1.82) is 0 Å². The van der Waals surface area contributed by atoms with Crippen molar-refractivity contribution in [1.82, 2.24) is 4.72 Å². The molecule has 1 unspecified atom stereocenters. The van der Waals surface area contributed by atoms with E-state index in [9.17, 15) is 8.42 Å². The number of hydrogen-bond acceptors (Lipinski definition) is 2. The molecule has 0 aliphatic rings. The van der Waals surface area contributed by atoms with Crippen molar-refractivity contribution >= 4 is 41.9 Å². The van der Waals surface area contributed by atoms with Crippen LogP contribution in [-0.4, -0.2) is 8.42 Å². The summed E-state index contributed by atoms with van der Waals surface area (Å²) in [4.78, 5) is 0.243. The van der Waals surface area contributed by atoms with Gasteiger partial charge in [-0.05, 0) is 59.1 Å². The maximum absolute atomic E-state index is 12.5. The van der Waals surface area contributed by atoms with Crippen LogP contribution in [-0.2, 0) is 10.0 Å². The summed E-state index contributed by atoms with van der Waals surface area (Å²) in [5, 5.41) is 0. The molecule has 0 heterocycles. The van der Waals surface area contributed by atoms with Crippen molar-refractivity contribution in [2.75, 3.05) is 0 Å². The van der Waals surface area contributed by atoms with E-state index in [1.54, 1.807) is 18.2 Å². The molecular formula is C15H15Br2NO2S. The molecule has 0 aromatic heterocycles. The fourth-order valence-electron chi connectivity index (χ4n) is 2.01. The SMILES string of the molecule is Cc1ccc(S(=O)(=O)NC(C)c2ccccc2Br)c(Br)c1. The summed E-state index contributed by atoms with van der Waals surface area (Å²) in [6, 6.07) is 12.4. The molecule has 1 N–H and O–H groups in total. The van der Waals surface area contributed by atoms with E-state index in [1.165, 1.54) is 0 Å². The molecule has 0 spiro atoms. The maximum atomic E-state index is 12.5. The molecule has 3 nitrogen and oxygen atoms in total. The molecule has 0 fully saturated rings. The van der Waals surface area contributed by atoms with Crippen LogP contribution in [0.4, 0.5) is 0 Å². The summed E-state index contributed by atoms with van der Waals surface area (Å²) in [7, 11) is -3.59. The van der Waals surface area contributed by atoms with Gasteiger partial charge in [0.2, 0.25) is 10.0 Å². The van der Waals surface area contributed by atoms with Gasteiger partial charge in [-0.3, -0.25) is 0 Å². The van der Waals surface area contributed by atoms with E-state index in [0.29, 0.717) is 4.47 Å². The lowest BCUT2D eigenvalue weighted by molar-refractivity contribution is 0.566. The Balaban J connectivity index is 2.31. The Morgan fingerprint density at radius 2 is 1.71 bits per heavy atom. The van der Waals surface area contributed by atoms with E-state index >= 15 is 0 Å². The number of nitrogens with one attached hydrogen (secondary N) is 1. The van der Waals surface area contributed by atoms with Crippen molar-refractivity contribution in [2.45, 2.75) is 24.8 Å². The summed E-state index contributed by atoms with van der Waals surface area (Å²) < 4.78 is 29.2. The normalized spacial score (nSPS) is 13.1.